The third kappa shape index (κ3) is 5.39. The van der Waals surface area contributed by atoms with Gasteiger partial charge in [0.05, 0.1) is 19.8 Å². The van der Waals surface area contributed by atoms with Crippen molar-refractivity contribution in [3.05, 3.63) is 23.8 Å². The number of methoxy groups -OCH3 is 2. The summed E-state index contributed by atoms with van der Waals surface area (Å²) in [4.78, 5) is 0. The molecule has 0 saturated carbocycles. The molecular weight excluding hydrogens is 254 g/mol. The summed E-state index contributed by atoms with van der Waals surface area (Å²) < 4.78 is 16.4. The summed E-state index contributed by atoms with van der Waals surface area (Å²) in [6, 6.07) is 5.96. The van der Waals surface area contributed by atoms with Gasteiger partial charge in [0.1, 0.15) is 11.5 Å². The van der Waals surface area contributed by atoms with Crippen LogP contribution in [0.4, 0.5) is 0 Å². The lowest BCUT2D eigenvalue weighted by Crippen LogP contribution is -2.20. The topological polar surface area (TPSA) is 39.7 Å². The Morgan fingerprint density at radius 3 is 2.50 bits per heavy atom. The van der Waals surface area contributed by atoms with Gasteiger partial charge in [0, 0.05) is 25.8 Å². The van der Waals surface area contributed by atoms with Crippen LogP contribution in [0.3, 0.4) is 0 Å². The summed E-state index contributed by atoms with van der Waals surface area (Å²) >= 11 is 0. The molecule has 114 valence electrons. The quantitative estimate of drug-likeness (QED) is 0.669. The fourth-order valence-corrected chi connectivity index (χ4v) is 1.97. The highest BCUT2D eigenvalue weighted by molar-refractivity contribution is 5.40. The lowest BCUT2D eigenvalue weighted by molar-refractivity contribution is 0.188. The zero-order valence-corrected chi connectivity index (χ0v) is 13.1. The molecule has 0 aliphatic rings. The Labute approximate surface area is 122 Å². The van der Waals surface area contributed by atoms with Gasteiger partial charge in [-0.1, -0.05) is 13.8 Å². The van der Waals surface area contributed by atoms with E-state index in [0.717, 1.165) is 43.0 Å². The van der Waals surface area contributed by atoms with Crippen molar-refractivity contribution in [3.63, 3.8) is 0 Å². The minimum absolute atomic E-state index is 0.265. The van der Waals surface area contributed by atoms with E-state index in [1.165, 1.54) is 0 Å². The van der Waals surface area contributed by atoms with Crippen LogP contribution < -0.4 is 14.8 Å². The second kappa shape index (κ2) is 9.61. The van der Waals surface area contributed by atoms with Crippen molar-refractivity contribution in [1.29, 1.82) is 0 Å². The summed E-state index contributed by atoms with van der Waals surface area (Å²) in [5, 5.41) is 3.34. The van der Waals surface area contributed by atoms with Gasteiger partial charge in [-0.2, -0.15) is 0 Å². The minimum Gasteiger partial charge on any atom is -0.497 e. The smallest absolute Gasteiger partial charge is 0.124 e. The van der Waals surface area contributed by atoms with Crippen molar-refractivity contribution < 1.29 is 14.2 Å². The predicted molar refractivity (Wildman–Crippen MR) is 81.6 cm³/mol. The summed E-state index contributed by atoms with van der Waals surface area (Å²) in [7, 11) is 3.38. The lowest BCUT2D eigenvalue weighted by atomic mass is 10.1. The highest BCUT2D eigenvalue weighted by Gasteiger charge is 2.10. The Kier molecular flexibility index (Phi) is 8.07. The van der Waals surface area contributed by atoms with E-state index in [0.29, 0.717) is 6.61 Å². The third-order valence-corrected chi connectivity index (χ3v) is 3.27. The largest absolute Gasteiger partial charge is 0.497 e. The van der Waals surface area contributed by atoms with E-state index < -0.39 is 0 Å². The number of nitrogens with one attached hydrogen (secondary N) is 1. The molecule has 0 spiro atoms. The Balaban J connectivity index is 2.75. The van der Waals surface area contributed by atoms with E-state index in [-0.39, 0.29) is 6.10 Å². The molecule has 1 N–H and O–H groups in total. The van der Waals surface area contributed by atoms with Crippen LogP contribution in [0, 0.1) is 0 Å². The van der Waals surface area contributed by atoms with Crippen molar-refractivity contribution in [2.45, 2.75) is 39.3 Å². The van der Waals surface area contributed by atoms with Crippen molar-refractivity contribution in [3.8, 4) is 11.5 Å². The van der Waals surface area contributed by atoms with Crippen molar-refractivity contribution in [2.75, 3.05) is 27.4 Å². The first-order chi connectivity index (χ1) is 9.74. The molecule has 4 nitrogen and oxygen atoms in total. The summed E-state index contributed by atoms with van der Waals surface area (Å²) in [5.74, 6) is 1.79. The van der Waals surface area contributed by atoms with Crippen LogP contribution in [0.2, 0.25) is 0 Å². The monoisotopic (exact) mass is 281 g/mol. The highest BCUT2D eigenvalue weighted by atomic mass is 16.5. The fraction of sp³-hybridized carbons (Fsp3) is 0.625. The first kappa shape index (κ1) is 16.8. The number of hydrogen-bond acceptors (Lipinski definition) is 4. The summed E-state index contributed by atoms with van der Waals surface area (Å²) in [6.07, 6.45) is 2.29. The van der Waals surface area contributed by atoms with Gasteiger partial charge in [-0.25, -0.2) is 0 Å². The molecule has 0 atom stereocenters. The Morgan fingerprint density at radius 1 is 1.15 bits per heavy atom. The molecule has 0 saturated heterocycles. The second-order valence-corrected chi connectivity index (χ2v) is 4.70. The lowest BCUT2D eigenvalue weighted by Gasteiger charge is -2.19. The maximum absolute atomic E-state index is 6.07. The van der Waals surface area contributed by atoms with Gasteiger partial charge in [0.15, 0.2) is 0 Å². The Bertz CT molecular complexity index is 378. The molecule has 0 amide bonds. The van der Waals surface area contributed by atoms with E-state index in [1.807, 2.05) is 18.2 Å². The van der Waals surface area contributed by atoms with Gasteiger partial charge in [-0.15, -0.1) is 0 Å². The molecule has 0 unspecified atom stereocenters. The molecule has 0 heterocycles. The maximum atomic E-state index is 6.07. The normalized spacial score (nSPS) is 10.8. The standard InChI is InChI=1S/C16H27NO3/c1-5-14(6-2)20-16-8-7-15(19-4)11-13(16)12-17-9-10-18-3/h7-8,11,14,17H,5-6,9-10,12H2,1-4H3. The fourth-order valence-electron chi connectivity index (χ4n) is 1.97. The molecule has 0 radical (unpaired) electrons. The van der Waals surface area contributed by atoms with Crippen LogP contribution in [0.25, 0.3) is 0 Å². The molecule has 0 aliphatic carbocycles. The average Bonchev–Trinajstić information content (AvgIpc) is 2.50. The van der Waals surface area contributed by atoms with E-state index >= 15 is 0 Å². The van der Waals surface area contributed by atoms with Crippen LogP contribution in [0.15, 0.2) is 18.2 Å². The third-order valence-electron chi connectivity index (χ3n) is 3.27. The second-order valence-electron chi connectivity index (χ2n) is 4.70. The van der Waals surface area contributed by atoms with E-state index in [9.17, 15) is 0 Å². The molecular formula is C16H27NO3. The van der Waals surface area contributed by atoms with Crippen LogP contribution in [-0.4, -0.2) is 33.5 Å². The SMILES string of the molecule is CCC(CC)Oc1ccc(OC)cc1CNCCOC. The van der Waals surface area contributed by atoms with E-state index in [1.54, 1.807) is 14.2 Å². The summed E-state index contributed by atoms with van der Waals surface area (Å²) in [5.41, 5.74) is 1.12. The number of rotatable bonds is 10. The van der Waals surface area contributed by atoms with Crippen LogP contribution in [-0.2, 0) is 11.3 Å². The van der Waals surface area contributed by atoms with Crippen molar-refractivity contribution in [1.82, 2.24) is 5.32 Å². The zero-order valence-electron chi connectivity index (χ0n) is 13.1. The van der Waals surface area contributed by atoms with Gasteiger partial charge in [-0.3, -0.25) is 0 Å². The minimum atomic E-state index is 0.265. The number of ether oxygens (including phenoxy) is 3. The molecule has 1 aromatic carbocycles. The van der Waals surface area contributed by atoms with E-state index in [2.05, 4.69) is 19.2 Å². The van der Waals surface area contributed by atoms with Gasteiger partial charge in [0.2, 0.25) is 0 Å². The zero-order chi connectivity index (χ0) is 14.8. The molecule has 0 aromatic heterocycles. The van der Waals surface area contributed by atoms with Gasteiger partial charge >= 0.3 is 0 Å². The van der Waals surface area contributed by atoms with Crippen LogP contribution >= 0.6 is 0 Å². The van der Waals surface area contributed by atoms with E-state index in [4.69, 9.17) is 14.2 Å². The average molecular weight is 281 g/mol. The Morgan fingerprint density at radius 2 is 1.90 bits per heavy atom. The molecule has 0 fully saturated rings. The van der Waals surface area contributed by atoms with Crippen LogP contribution in [0.5, 0.6) is 11.5 Å². The molecule has 0 bridgehead atoms. The van der Waals surface area contributed by atoms with Crippen LogP contribution in [0.1, 0.15) is 32.3 Å². The van der Waals surface area contributed by atoms with Gasteiger partial charge in [0.25, 0.3) is 0 Å². The van der Waals surface area contributed by atoms with Crippen molar-refractivity contribution >= 4 is 0 Å². The predicted octanol–water partition coefficient (Wildman–Crippen LogP) is 3.00. The maximum Gasteiger partial charge on any atom is 0.124 e. The highest BCUT2D eigenvalue weighted by Crippen LogP contribution is 2.26. The first-order valence-corrected chi connectivity index (χ1v) is 7.28. The summed E-state index contributed by atoms with van der Waals surface area (Å²) in [6.45, 7) is 6.56. The number of benzene rings is 1. The molecule has 1 aromatic rings. The molecule has 1 rings (SSSR count). The Hall–Kier alpha value is -1.26. The van der Waals surface area contributed by atoms with Gasteiger partial charge in [-0.05, 0) is 31.0 Å². The first-order valence-electron chi connectivity index (χ1n) is 7.28. The molecule has 0 aliphatic heterocycles. The molecule has 20 heavy (non-hydrogen) atoms. The van der Waals surface area contributed by atoms with Crippen molar-refractivity contribution in [2.24, 2.45) is 0 Å². The number of hydrogen-bond donors (Lipinski definition) is 1. The van der Waals surface area contributed by atoms with Gasteiger partial charge < -0.3 is 19.5 Å². The molecule has 4 heteroatoms.